The minimum Gasteiger partial charge on any atom is -0.494 e. The molecule has 29 heavy (non-hydrogen) atoms. The molecular weight excluding hydrogens is 364 g/mol. The second kappa shape index (κ2) is 8.73. The first kappa shape index (κ1) is 18.9. The Labute approximate surface area is 170 Å². The highest BCUT2D eigenvalue weighted by molar-refractivity contribution is 5.94. The first-order valence-corrected chi connectivity index (χ1v) is 9.91. The maximum atomic E-state index is 12.6. The molecule has 1 saturated heterocycles. The SMILES string of the molecule is CCOc1ccc(-c2ccc(N3CCN(C(=O)c4ccccc4)CC3)nn2)cc1. The van der Waals surface area contributed by atoms with Gasteiger partial charge in [0.25, 0.3) is 5.91 Å². The van der Waals surface area contributed by atoms with Gasteiger partial charge in [-0.25, -0.2) is 0 Å². The molecule has 6 heteroatoms. The Kier molecular flexibility index (Phi) is 5.70. The molecule has 2 heterocycles. The van der Waals surface area contributed by atoms with Gasteiger partial charge in [0, 0.05) is 37.3 Å². The molecule has 0 spiro atoms. The quantitative estimate of drug-likeness (QED) is 0.670. The number of hydrogen-bond donors (Lipinski definition) is 0. The van der Waals surface area contributed by atoms with Gasteiger partial charge in [-0.15, -0.1) is 10.2 Å². The average molecular weight is 388 g/mol. The molecule has 0 atom stereocenters. The smallest absolute Gasteiger partial charge is 0.253 e. The highest BCUT2D eigenvalue weighted by Crippen LogP contribution is 2.22. The van der Waals surface area contributed by atoms with Crippen LogP contribution in [0.15, 0.2) is 66.7 Å². The summed E-state index contributed by atoms with van der Waals surface area (Å²) in [4.78, 5) is 16.6. The summed E-state index contributed by atoms with van der Waals surface area (Å²) < 4.78 is 5.48. The molecule has 0 bridgehead atoms. The zero-order chi connectivity index (χ0) is 20.1. The molecule has 1 fully saturated rings. The second-order valence-corrected chi connectivity index (χ2v) is 6.88. The molecule has 2 aromatic carbocycles. The summed E-state index contributed by atoms with van der Waals surface area (Å²) >= 11 is 0. The first-order valence-electron chi connectivity index (χ1n) is 9.91. The van der Waals surface area contributed by atoms with Crippen LogP contribution < -0.4 is 9.64 Å². The Morgan fingerprint density at radius 1 is 0.897 bits per heavy atom. The van der Waals surface area contributed by atoms with Crippen molar-refractivity contribution >= 4 is 11.7 Å². The molecule has 4 rings (SSSR count). The molecular formula is C23H24N4O2. The number of carbonyl (C=O) groups is 1. The Hall–Kier alpha value is -3.41. The van der Waals surface area contributed by atoms with E-state index in [1.165, 1.54) is 0 Å². The van der Waals surface area contributed by atoms with E-state index in [2.05, 4.69) is 15.1 Å². The zero-order valence-electron chi connectivity index (χ0n) is 16.5. The predicted octanol–water partition coefficient (Wildman–Crippen LogP) is 3.50. The van der Waals surface area contributed by atoms with E-state index in [1.54, 1.807) is 0 Å². The van der Waals surface area contributed by atoms with Gasteiger partial charge in [0.05, 0.1) is 12.3 Å². The van der Waals surface area contributed by atoms with E-state index in [9.17, 15) is 4.79 Å². The fourth-order valence-corrected chi connectivity index (χ4v) is 3.44. The Morgan fingerprint density at radius 2 is 1.62 bits per heavy atom. The molecule has 148 valence electrons. The van der Waals surface area contributed by atoms with Gasteiger partial charge >= 0.3 is 0 Å². The number of piperazine rings is 1. The molecule has 6 nitrogen and oxygen atoms in total. The Morgan fingerprint density at radius 3 is 2.24 bits per heavy atom. The van der Waals surface area contributed by atoms with Gasteiger partial charge < -0.3 is 14.5 Å². The highest BCUT2D eigenvalue weighted by atomic mass is 16.5. The van der Waals surface area contributed by atoms with E-state index in [0.29, 0.717) is 19.7 Å². The zero-order valence-corrected chi connectivity index (χ0v) is 16.5. The van der Waals surface area contributed by atoms with Crippen molar-refractivity contribution < 1.29 is 9.53 Å². The molecule has 0 aliphatic carbocycles. The van der Waals surface area contributed by atoms with Gasteiger partial charge in [-0.05, 0) is 55.5 Å². The normalized spacial score (nSPS) is 14.0. The number of rotatable bonds is 5. The van der Waals surface area contributed by atoms with Crippen molar-refractivity contribution in [1.29, 1.82) is 0 Å². The number of ether oxygens (including phenoxy) is 1. The predicted molar refractivity (Wildman–Crippen MR) is 113 cm³/mol. The van der Waals surface area contributed by atoms with Crippen molar-refractivity contribution in [1.82, 2.24) is 15.1 Å². The number of benzene rings is 2. The standard InChI is InChI=1S/C23H24N4O2/c1-2-29-20-10-8-18(9-11-20)21-12-13-22(25-24-21)26-14-16-27(17-15-26)23(28)19-6-4-3-5-7-19/h3-13H,2,14-17H2,1H3. The minimum atomic E-state index is 0.0854. The van der Waals surface area contributed by atoms with E-state index in [4.69, 9.17) is 4.74 Å². The fourth-order valence-electron chi connectivity index (χ4n) is 3.44. The molecule has 0 unspecified atom stereocenters. The van der Waals surface area contributed by atoms with Crippen LogP contribution in [0.2, 0.25) is 0 Å². The third-order valence-corrected chi connectivity index (χ3v) is 5.02. The van der Waals surface area contributed by atoms with Crippen LogP contribution >= 0.6 is 0 Å². The average Bonchev–Trinajstić information content (AvgIpc) is 2.80. The Bertz CT molecular complexity index is 935. The van der Waals surface area contributed by atoms with Crippen LogP contribution in [-0.4, -0.2) is 53.8 Å². The maximum Gasteiger partial charge on any atom is 0.253 e. The molecule has 0 N–H and O–H groups in total. The van der Waals surface area contributed by atoms with Crippen LogP contribution in [0.25, 0.3) is 11.3 Å². The molecule has 1 aromatic heterocycles. The summed E-state index contributed by atoms with van der Waals surface area (Å²) in [7, 11) is 0. The van der Waals surface area contributed by atoms with Crippen molar-refractivity contribution in [2.75, 3.05) is 37.7 Å². The van der Waals surface area contributed by atoms with Crippen LogP contribution in [0.4, 0.5) is 5.82 Å². The molecule has 3 aromatic rings. The lowest BCUT2D eigenvalue weighted by Crippen LogP contribution is -2.49. The summed E-state index contributed by atoms with van der Waals surface area (Å²) in [5.41, 5.74) is 2.57. The number of anilines is 1. The van der Waals surface area contributed by atoms with Gasteiger partial charge in [-0.1, -0.05) is 18.2 Å². The number of nitrogens with zero attached hydrogens (tertiary/aromatic N) is 4. The lowest BCUT2D eigenvalue weighted by Gasteiger charge is -2.35. The summed E-state index contributed by atoms with van der Waals surface area (Å²) in [6, 6.07) is 21.3. The Balaban J connectivity index is 1.37. The van der Waals surface area contributed by atoms with E-state index in [-0.39, 0.29) is 5.91 Å². The fraction of sp³-hybridized carbons (Fsp3) is 0.261. The highest BCUT2D eigenvalue weighted by Gasteiger charge is 2.23. The molecule has 0 radical (unpaired) electrons. The topological polar surface area (TPSA) is 58.6 Å². The lowest BCUT2D eigenvalue weighted by atomic mass is 10.1. The van der Waals surface area contributed by atoms with E-state index in [0.717, 1.165) is 41.5 Å². The molecule has 0 saturated carbocycles. The van der Waals surface area contributed by atoms with Crippen molar-refractivity contribution in [2.24, 2.45) is 0 Å². The van der Waals surface area contributed by atoms with Crippen LogP contribution in [-0.2, 0) is 0 Å². The molecule has 1 aliphatic heterocycles. The largest absolute Gasteiger partial charge is 0.494 e. The summed E-state index contributed by atoms with van der Waals surface area (Å²) in [6.45, 7) is 5.46. The van der Waals surface area contributed by atoms with E-state index in [1.807, 2.05) is 78.6 Å². The van der Waals surface area contributed by atoms with Gasteiger partial charge in [0.15, 0.2) is 5.82 Å². The van der Waals surface area contributed by atoms with Crippen LogP contribution in [0, 0.1) is 0 Å². The van der Waals surface area contributed by atoms with Gasteiger partial charge in [-0.3, -0.25) is 4.79 Å². The van der Waals surface area contributed by atoms with Gasteiger partial charge in [0.1, 0.15) is 5.75 Å². The third kappa shape index (κ3) is 4.37. The van der Waals surface area contributed by atoms with Gasteiger partial charge in [-0.2, -0.15) is 0 Å². The minimum absolute atomic E-state index is 0.0854. The van der Waals surface area contributed by atoms with Gasteiger partial charge in [0.2, 0.25) is 0 Å². The number of carbonyl (C=O) groups excluding carboxylic acids is 1. The van der Waals surface area contributed by atoms with Crippen molar-refractivity contribution in [3.63, 3.8) is 0 Å². The summed E-state index contributed by atoms with van der Waals surface area (Å²) in [6.07, 6.45) is 0. The van der Waals surface area contributed by atoms with E-state index >= 15 is 0 Å². The van der Waals surface area contributed by atoms with Crippen LogP contribution in [0.1, 0.15) is 17.3 Å². The molecule has 1 amide bonds. The third-order valence-electron chi connectivity index (χ3n) is 5.02. The summed E-state index contributed by atoms with van der Waals surface area (Å²) in [5.74, 6) is 1.78. The monoisotopic (exact) mass is 388 g/mol. The van der Waals surface area contributed by atoms with E-state index < -0.39 is 0 Å². The van der Waals surface area contributed by atoms with Crippen molar-refractivity contribution in [2.45, 2.75) is 6.92 Å². The van der Waals surface area contributed by atoms with Crippen LogP contribution in [0.5, 0.6) is 5.75 Å². The number of aromatic nitrogens is 2. The van der Waals surface area contributed by atoms with Crippen molar-refractivity contribution in [3.05, 3.63) is 72.3 Å². The molecule has 1 aliphatic rings. The maximum absolute atomic E-state index is 12.6. The number of amides is 1. The summed E-state index contributed by atoms with van der Waals surface area (Å²) in [5, 5.41) is 8.80. The lowest BCUT2D eigenvalue weighted by molar-refractivity contribution is 0.0746. The first-order chi connectivity index (χ1) is 14.2. The van der Waals surface area contributed by atoms with Crippen molar-refractivity contribution in [3.8, 4) is 17.0 Å². The van der Waals surface area contributed by atoms with Crippen LogP contribution in [0.3, 0.4) is 0 Å². The number of hydrogen-bond acceptors (Lipinski definition) is 5. The second-order valence-electron chi connectivity index (χ2n) is 6.88.